The van der Waals surface area contributed by atoms with Crippen molar-refractivity contribution in [2.45, 2.75) is 66.2 Å². The van der Waals surface area contributed by atoms with Crippen molar-refractivity contribution in [1.29, 1.82) is 0 Å². The molecule has 0 aliphatic heterocycles. The first-order valence-electron chi connectivity index (χ1n) is 7.23. The number of nitrogens with one attached hydrogen (secondary N) is 1. The molecule has 0 saturated carbocycles. The van der Waals surface area contributed by atoms with Crippen LogP contribution in [0.5, 0.6) is 5.88 Å². The lowest BCUT2D eigenvalue weighted by Crippen LogP contribution is -2.35. The lowest BCUT2D eigenvalue weighted by molar-refractivity contribution is 0.185. The number of hydrogen-bond donors (Lipinski definition) is 1. The van der Waals surface area contributed by atoms with E-state index in [1.165, 1.54) is 0 Å². The van der Waals surface area contributed by atoms with Gasteiger partial charge in [-0.2, -0.15) is 0 Å². The maximum Gasteiger partial charge on any atom is 0.213 e. The molecule has 1 unspecified atom stereocenters. The molecule has 0 amide bonds. The van der Waals surface area contributed by atoms with Crippen LogP contribution in [-0.4, -0.2) is 16.6 Å². The van der Waals surface area contributed by atoms with Gasteiger partial charge in [-0.1, -0.05) is 25.4 Å². The Morgan fingerprint density at radius 3 is 2.50 bits per heavy atom. The molecule has 20 heavy (non-hydrogen) atoms. The summed E-state index contributed by atoms with van der Waals surface area (Å²) >= 11 is 6.19. The van der Waals surface area contributed by atoms with Crippen molar-refractivity contribution in [1.82, 2.24) is 10.3 Å². The van der Waals surface area contributed by atoms with Gasteiger partial charge in [0, 0.05) is 24.3 Å². The molecule has 1 atom stereocenters. The molecule has 4 heteroatoms. The molecule has 1 heterocycles. The Morgan fingerprint density at radius 1 is 1.30 bits per heavy atom. The van der Waals surface area contributed by atoms with E-state index in [0.717, 1.165) is 12.0 Å². The molecule has 0 bridgehead atoms. The smallest absolute Gasteiger partial charge is 0.213 e. The number of hydrogen-bond acceptors (Lipinski definition) is 3. The van der Waals surface area contributed by atoms with E-state index < -0.39 is 0 Å². The van der Waals surface area contributed by atoms with Crippen molar-refractivity contribution in [2.24, 2.45) is 5.92 Å². The van der Waals surface area contributed by atoms with Crippen LogP contribution in [0.4, 0.5) is 0 Å². The van der Waals surface area contributed by atoms with E-state index in [4.69, 9.17) is 16.3 Å². The second-order valence-electron chi connectivity index (χ2n) is 6.78. The van der Waals surface area contributed by atoms with E-state index in [1.54, 1.807) is 6.20 Å². The van der Waals surface area contributed by atoms with Gasteiger partial charge in [0.05, 0.1) is 11.1 Å². The summed E-state index contributed by atoms with van der Waals surface area (Å²) in [6.45, 7) is 13.5. The number of aromatic nitrogens is 1. The first-order chi connectivity index (χ1) is 9.17. The second kappa shape index (κ2) is 7.28. The average molecular weight is 299 g/mol. The van der Waals surface area contributed by atoms with Crippen molar-refractivity contribution >= 4 is 11.6 Å². The summed E-state index contributed by atoms with van der Waals surface area (Å²) in [5, 5.41) is 4.10. The third kappa shape index (κ3) is 6.58. The lowest BCUT2D eigenvalue weighted by Gasteiger charge is -2.21. The van der Waals surface area contributed by atoms with Gasteiger partial charge in [-0.25, -0.2) is 4.98 Å². The molecule has 1 aromatic rings. The minimum absolute atomic E-state index is 0.0541. The van der Waals surface area contributed by atoms with Crippen LogP contribution in [0, 0.1) is 5.92 Å². The molecule has 1 rings (SSSR count). The Balaban J connectivity index is 2.70. The minimum atomic E-state index is 0.0541. The largest absolute Gasteiger partial charge is 0.475 e. The summed E-state index contributed by atoms with van der Waals surface area (Å²) < 4.78 is 5.86. The fraction of sp³-hybridized carbons (Fsp3) is 0.688. The van der Waals surface area contributed by atoms with E-state index in [9.17, 15) is 0 Å². The van der Waals surface area contributed by atoms with Crippen LogP contribution < -0.4 is 10.1 Å². The fourth-order valence-corrected chi connectivity index (χ4v) is 2.11. The van der Waals surface area contributed by atoms with Gasteiger partial charge in [0.25, 0.3) is 0 Å². The zero-order chi connectivity index (χ0) is 15.3. The number of pyridine rings is 1. The molecule has 0 radical (unpaired) electrons. The van der Waals surface area contributed by atoms with Gasteiger partial charge in [0.2, 0.25) is 5.88 Å². The normalized spacial score (nSPS) is 13.6. The Kier molecular flexibility index (Phi) is 6.28. The van der Waals surface area contributed by atoms with Crippen LogP contribution in [0.3, 0.4) is 0 Å². The third-order valence-corrected chi connectivity index (χ3v) is 3.18. The summed E-state index contributed by atoms with van der Waals surface area (Å²) in [4.78, 5) is 4.25. The van der Waals surface area contributed by atoms with E-state index in [2.05, 4.69) is 51.8 Å². The molecule has 0 spiro atoms. The monoisotopic (exact) mass is 298 g/mol. The highest BCUT2D eigenvalue weighted by Crippen LogP contribution is 2.21. The maximum absolute atomic E-state index is 6.19. The molecule has 1 aromatic heterocycles. The maximum atomic E-state index is 6.19. The summed E-state index contributed by atoms with van der Waals surface area (Å²) in [7, 11) is 0. The molecular formula is C16H27ClN2O. The van der Waals surface area contributed by atoms with Crippen LogP contribution in [0.1, 0.15) is 53.5 Å². The summed E-state index contributed by atoms with van der Waals surface area (Å²) in [5.41, 5.74) is 1.07. The topological polar surface area (TPSA) is 34.1 Å². The molecular weight excluding hydrogens is 272 g/mol. The van der Waals surface area contributed by atoms with Gasteiger partial charge in [-0.3, -0.25) is 0 Å². The van der Waals surface area contributed by atoms with Gasteiger partial charge in [0.15, 0.2) is 0 Å². The van der Waals surface area contributed by atoms with Crippen LogP contribution in [0.25, 0.3) is 0 Å². The zero-order valence-corrected chi connectivity index (χ0v) is 14.2. The van der Waals surface area contributed by atoms with E-state index in [-0.39, 0.29) is 11.6 Å². The Hall–Kier alpha value is -0.800. The van der Waals surface area contributed by atoms with E-state index in [0.29, 0.717) is 23.4 Å². The van der Waals surface area contributed by atoms with Crippen molar-refractivity contribution in [3.05, 3.63) is 22.8 Å². The van der Waals surface area contributed by atoms with Crippen molar-refractivity contribution in [3.63, 3.8) is 0 Å². The molecule has 114 valence electrons. The highest BCUT2D eigenvalue weighted by molar-refractivity contribution is 6.31. The van der Waals surface area contributed by atoms with Crippen LogP contribution in [0.2, 0.25) is 5.02 Å². The molecule has 0 saturated heterocycles. The van der Waals surface area contributed by atoms with Gasteiger partial charge < -0.3 is 10.1 Å². The number of ether oxygens (including phenoxy) is 1. The highest BCUT2D eigenvalue weighted by atomic mass is 35.5. The van der Waals surface area contributed by atoms with Gasteiger partial charge in [0.1, 0.15) is 0 Å². The van der Waals surface area contributed by atoms with Crippen LogP contribution in [0.15, 0.2) is 12.3 Å². The molecule has 0 fully saturated rings. The van der Waals surface area contributed by atoms with Crippen molar-refractivity contribution in [2.75, 3.05) is 0 Å². The van der Waals surface area contributed by atoms with E-state index in [1.807, 2.05) is 6.07 Å². The van der Waals surface area contributed by atoms with Gasteiger partial charge in [-0.05, 0) is 45.6 Å². The summed E-state index contributed by atoms with van der Waals surface area (Å²) in [5.74, 6) is 1.26. The summed E-state index contributed by atoms with van der Waals surface area (Å²) in [6.07, 6.45) is 2.84. The molecule has 0 aliphatic carbocycles. The molecule has 1 N–H and O–H groups in total. The predicted octanol–water partition coefficient (Wildman–Crippen LogP) is 4.44. The highest BCUT2D eigenvalue weighted by Gasteiger charge is 2.13. The zero-order valence-electron chi connectivity index (χ0n) is 13.5. The first kappa shape index (κ1) is 17.3. The molecule has 0 aliphatic rings. The molecule has 0 aromatic carbocycles. The third-order valence-electron chi connectivity index (χ3n) is 2.84. The van der Waals surface area contributed by atoms with Crippen molar-refractivity contribution in [3.8, 4) is 5.88 Å². The van der Waals surface area contributed by atoms with Gasteiger partial charge in [-0.15, -0.1) is 0 Å². The van der Waals surface area contributed by atoms with Gasteiger partial charge >= 0.3 is 0 Å². The minimum Gasteiger partial charge on any atom is -0.475 e. The Bertz CT molecular complexity index is 427. The molecule has 3 nitrogen and oxygen atoms in total. The fourth-order valence-electron chi connectivity index (χ4n) is 1.94. The number of nitrogens with zero attached hydrogens (tertiary/aromatic N) is 1. The Labute approximate surface area is 128 Å². The first-order valence-corrected chi connectivity index (χ1v) is 7.61. The SMILES string of the molecule is CC(C)CC(C)Oc1cc(CNC(C)(C)C)c(Cl)cn1. The Morgan fingerprint density at radius 2 is 1.95 bits per heavy atom. The number of rotatable bonds is 6. The average Bonchev–Trinajstić information content (AvgIpc) is 2.27. The number of halogens is 1. The van der Waals surface area contributed by atoms with Crippen LogP contribution >= 0.6 is 11.6 Å². The second-order valence-corrected chi connectivity index (χ2v) is 7.18. The van der Waals surface area contributed by atoms with E-state index >= 15 is 0 Å². The standard InChI is InChI=1S/C16H27ClN2O/c1-11(2)7-12(3)20-15-8-13(14(17)10-18-15)9-19-16(4,5)6/h8,10-12,19H,7,9H2,1-6H3. The van der Waals surface area contributed by atoms with Crippen LogP contribution in [-0.2, 0) is 6.54 Å². The summed E-state index contributed by atoms with van der Waals surface area (Å²) in [6, 6.07) is 1.93. The van der Waals surface area contributed by atoms with Crippen molar-refractivity contribution < 1.29 is 4.74 Å². The quantitative estimate of drug-likeness (QED) is 0.843. The lowest BCUT2D eigenvalue weighted by atomic mass is 10.1. The predicted molar refractivity (Wildman–Crippen MR) is 85.4 cm³/mol.